The van der Waals surface area contributed by atoms with Crippen LogP contribution in [0, 0.1) is 0 Å². The molecule has 0 spiro atoms. The van der Waals surface area contributed by atoms with Crippen molar-refractivity contribution >= 4 is 16.9 Å². The molecular weight excluding hydrogens is 260 g/mol. The van der Waals surface area contributed by atoms with E-state index in [4.69, 9.17) is 16.5 Å². The summed E-state index contributed by atoms with van der Waals surface area (Å²) in [5.41, 5.74) is 14.9. The number of hydrogen-bond acceptors (Lipinski definition) is 2. The van der Waals surface area contributed by atoms with Gasteiger partial charge in [0.2, 0.25) is 0 Å². The summed E-state index contributed by atoms with van der Waals surface area (Å²) in [6, 6.07) is 20.1. The Labute approximate surface area is 123 Å². The fourth-order valence-electron chi connectivity index (χ4n) is 2.31. The minimum atomic E-state index is 0.0946. The van der Waals surface area contributed by atoms with Gasteiger partial charge in [0, 0.05) is 10.9 Å². The molecular formula is C17H16N4. The van der Waals surface area contributed by atoms with Gasteiger partial charge in [-0.3, -0.25) is 0 Å². The number of aromatic nitrogens is 1. The van der Waals surface area contributed by atoms with Crippen LogP contribution in [0.3, 0.4) is 0 Å². The Morgan fingerprint density at radius 1 is 0.952 bits per heavy atom. The van der Waals surface area contributed by atoms with Gasteiger partial charge in [-0.1, -0.05) is 48.5 Å². The Balaban J connectivity index is 2.17. The summed E-state index contributed by atoms with van der Waals surface area (Å²) in [5, 5.41) is 1.07. The smallest absolute Gasteiger partial charge is 0.186 e. The van der Waals surface area contributed by atoms with Crippen LogP contribution in [-0.2, 0) is 6.54 Å². The largest absolute Gasteiger partial charge is 0.370 e. The molecule has 4 N–H and O–H groups in total. The van der Waals surface area contributed by atoms with Crippen LogP contribution < -0.4 is 11.5 Å². The first-order valence-electron chi connectivity index (χ1n) is 6.73. The van der Waals surface area contributed by atoms with Gasteiger partial charge in [-0.2, -0.15) is 0 Å². The number of para-hydroxylation sites is 1. The van der Waals surface area contributed by atoms with E-state index < -0.39 is 0 Å². The fourth-order valence-corrected chi connectivity index (χ4v) is 2.31. The molecule has 0 atom stereocenters. The molecule has 0 saturated heterocycles. The van der Waals surface area contributed by atoms with Crippen molar-refractivity contribution < 1.29 is 0 Å². The number of aliphatic imine (C=N–C) groups is 1. The summed E-state index contributed by atoms with van der Waals surface area (Å²) < 4.78 is 0. The minimum absolute atomic E-state index is 0.0946. The summed E-state index contributed by atoms with van der Waals surface area (Å²) in [5.74, 6) is 0.0946. The van der Waals surface area contributed by atoms with Crippen LogP contribution in [0.15, 0.2) is 65.7 Å². The molecule has 3 rings (SSSR count). The van der Waals surface area contributed by atoms with Crippen LogP contribution >= 0.6 is 0 Å². The molecule has 4 heteroatoms. The lowest BCUT2D eigenvalue weighted by atomic mass is 10.0. The van der Waals surface area contributed by atoms with Gasteiger partial charge in [-0.05, 0) is 17.7 Å². The maximum absolute atomic E-state index is 5.45. The van der Waals surface area contributed by atoms with Crippen LogP contribution in [0.1, 0.15) is 5.56 Å². The molecule has 21 heavy (non-hydrogen) atoms. The molecule has 0 amide bonds. The molecule has 0 radical (unpaired) electrons. The Hall–Kier alpha value is -2.88. The van der Waals surface area contributed by atoms with E-state index in [1.54, 1.807) is 0 Å². The summed E-state index contributed by atoms with van der Waals surface area (Å²) in [6.07, 6.45) is 0. The summed E-state index contributed by atoms with van der Waals surface area (Å²) in [7, 11) is 0. The van der Waals surface area contributed by atoms with Crippen LogP contribution in [0.2, 0.25) is 0 Å². The molecule has 1 aromatic heterocycles. The highest BCUT2D eigenvalue weighted by Gasteiger charge is 2.06. The quantitative estimate of drug-likeness (QED) is 0.570. The Morgan fingerprint density at radius 2 is 1.67 bits per heavy atom. The van der Waals surface area contributed by atoms with E-state index >= 15 is 0 Å². The second-order valence-electron chi connectivity index (χ2n) is 4.79. The molecule has 0 aliphatic carbocycles. The van der Waals surface area contributed by atoms with Crippen molar-refractivity contribution in [1.82, 2.24) is 4.98 Å². The molecule has 0 unspecified atom stereocenters. The zero-order valence-corrected chi connectivity index (χ0v) is 11.5. The number of benzene rings is 2. The molecule has 3 aromatic rings. The van der Waals surface area contributed by atoms with Gasteiger partial charge < -0.3 is 11.5 Å². The summed E-state index contributed by atoms with van der Waals surface area (Å²) in [6.45, 7) is 0.450. The lowest BCUT2D eigenvalue weighted by Crippen LogP contribution is -2.22. The third kappa shape index (κ3) is 2.84. The maximum Gasteiger partial charge on any atom is 0.186 e. The Kier molecular flexibility index (Phi) is 3.51. The number of guanidine groups is 1. The fraction of sp³-hybridized carbons (Fsp3) is 0.0588. The molecule has 1 heterocycles. The molecule has 0 aliphatic heterocycles. The first-order chi connectivity index (χ1) is 10.2. The van der Waals surface area contributed by atoms with Gasteiger partial charge in [-0.25, -0.2) is 9.98 Å². The predicted molar refractivity (Wildman–Crippen MR) is 86.7 cm³/mol. The van der Waals surface area contributed by atoms with E-state index in [9.17, 15) is 0 Å². The summed E-state index contributed by atoms with van der Waals surface area (Å²) in [4.78, 5) is 8.85. The van der Waals surface area contributed by atoms with E-state index in [2.05, 4.69) is 4.99 Å². The van der Waals surface area contributed by atoms with Crippen molar-refractivity contribution in [2.45, 2.75) is 6.54 Å². The van der Waals surface area contributed by atoms with E-state index in [0.717, 1.165) is 27.7 Å². The predicted octanol–water partition coefficient (Wildman–Crippen LogP) is 2.68. The molecule has 0 saturated carbocycles. The standard InChI is InChI=1S/C17H16N4/c18-17(19)20-11-13-10-16(12-6-2-1-3-7-12)21-15-9-5-4-8-14(13)15/h1-10H,11H2,(H4,18,19,20). The maximum atomic E-state index is 5.45. The van der Waals surface area contributed by atoms with Crippen LogP contribution in [0.25, 0.3) is 22.2 Å². The lowest BCUT2D eigenvalue weighted by Gasteiger charge is -2.08. The molecule has 0 aliphatic rings. The highest BCUT2D eigenvalue weighted by molar-refractivity contribution is 5.85. The van der Waals surface area contributed by atoms with Crippen LogP contribution in [-0.4, -0.2) is 10.9 Å². The van der Waals surface area contributed by atoms with Crippen molar-refractivity contribution in [2.24, 2.45) is 16.5 Å². The number of nitrogens with zero attached hydrogens (tertiary/aromatic N) is 2. The molecule has 2 aromatic carbocycles. The normalized spacial score (nSPS) is 10.5. The average molecular weight is 276 g/mol. The lowest BCUT2D eigenvalue weighted by molar-refractivity contribution is 1.06. The highest BCUT2D eigenvalue weighted by Crippen LogP contribution is 2.25. The topological polar surface area (TPSA) is 77.3 Å². The summed E-state index contributed by atoms with van der Waals surface area (Å²) >= 11 is 0. The van der Waals surface area contributed by atoms with Crippen LogP contribution in [0.5, 0.6) is 0 Å². The Morgan fingerprint density at radius 3 is 2.43 bits per heavy atom. The van der Waals surface area contributed by atoms with Crippen molar-refractivity contribution in [3.05, 3.63) is 66.2 Å². The minimum Gasteiger partial charge on any atom is -0.370 e. The van der Waals surface area contributed by atoms with Crippen molar-refractivity contribution in [1.29, 1.82) is 0 Å². The van der Waals surface area contributed by atoms with Gasteiger partial charge in [0.15, 0.2) is 5.96 Å². The second kappa shape index (κ2) is 5.63. The van der Waals surface area contributed by atoms with Crippen molar-refractivity contribution in [3.8, 4) is 11.3 Å². The number of pyridine rings is 1. The van der Waals surface area contributed by atoms with Crippen molar-refractivity contribution in [3.63, 3.8) is 0 Å². The van der Waals surface area contributed by atoms with E-state index in [1.165, 1.54) is 0 Å². The SMILES string of the molecule is NC(N)=NCc1cc(-c2ccccc2)nc2ccccc12. The number of hydrogen-bond donors (Lipinski definition) is 2. The van der Waals surface area contributed by atoms with Gasteiger partial charge in [-0.15, -0.1) is 0 Å². The third-order valence-corrected chi connectivity index (χ3v) is 3.30. The van der Waals surface area contributed by atoms with E-state index in [1.807, 2.05) is 60.7 Å². The van der Waals surface area contributed by atoms with E-state index in [0.29, 0.717) is 6.54 Å². The first kappa shape index (κ1) is 13.1. The number of nitrogens with two attached hydrogens (primary N) is 2. The number of rotatable bonds is 3. The zero-order chi connectivity index (χ0) is 14.7. The third-order valence-electron chi connectivity index (χ3n) is 3.30. The molecule has 104 valence electrons. The Bertz CT molecular complexity index is 790. The highest BCUT2D eigenvalue weighted by atomic mass is 15.0. The van der Waals surface area contributed by atoms with Gasteiger partial charge in [0.1, 0.15) is 0 Å². The average Bonchev–Trinajstić information content (AvgIpc) is 2.53. The van der Waals surface area contributed by atoms with Crippen LogP contribution in [0.4, 0.5) is 0 Å². The molecule has 0 fully saturated rings. The second-order valence-corrected chi connectivity index (χ2v) is 4.79. The van der Waals surface area contributed by atoms with E-state index in [-0.39, 0.29) is 5.96 Å². The molecule has 4 nitrogen and oxygen atoms in total. The monoisotopic (exact) mass is 276 g/mol. The van der Waals surface area contributed by atoms with Crippen molar-refractivity contribution in [2.75, 3.05) is 0 Å². The molecule has 0 bridgehead atoms. The first-order valence-corrected chi connectivity index (χ1v) is 6.73. The number of fused-ring (bicyclic) bond motifs is 1. The van der Waals surface area contributed by atoms with Gasteiger partial charge in [0.05, 0.1) is 17.8 Å². The van der Waals surface area contributed by atoms with Gasteiger partial charge in [0.25, 0.3) is 0 Å². The zero-order valence-electron chi connectivity index (χ0n) is 11.5. The van der Waals surface area contributed by atoms with Gasteiger partial charge >= 0.3 is 0 Å².